The third kappa shape index (κ3) is 3.31. The van der Waals surface area contributed by atoms with Gasteiger partial charge in [0.15, 0.2) is 0 Å². The van der Waals surface area contributed by atoms with Crippen LogP contribution in [0.25, 0.3) is 0 Å². The number of hydrogen-bond acceptors (Lipinski definition) is 2. The van der Waals surface area contributed by atoms with Crippen LogP contribution in [0.4, 0.5) is 0 Å². The number of ether oxygens (including phenoxy) is 1. The molecule has 1 amide bonds. The van der Waals surface area contributed by atoms with Crippen molar-refractivity contribution in [1.82, 2.24) is 4.90 Å². The van der Waals surface area contributed by atoms with Gasteiger partial charge in [-0.3, -0.25) is 4.79 Å². The van der Waals surface area contributed by atoms with Crippen molar-refractivity contribution in [3.63, 3.8) is 0 Å². The molecule has 1 rings (SSSR count). The second-order valence-electron chi connectivity index (χ2n) is 3.32. The summed E-state index contributed by atoms with van der Waals surface area (Å²) in [4.78, 5) is 13.3. The summed E-state index contributed by atoms with van der Waals surface area (Å²) in [6.07, 6.45) is 3.43. The van der Waals surface area contributed by atoms with Crippen LogP contribution in [0.5, 0.6) is 0 Å². The van der Waals surface area contributed by atoms with Crippen LogP contribution in [0.3, 0.4) is 0 Å². The minimum atomic E-state index is 0.146. The highest BCUT2D eigenvalue weighted by molar-refractivity contribution is 6.18. The van der Waals surface area contributed by atoms with Crippen LogP contribution in [0, 0.1) is 0 Å². The van der Waals surface area contributed by atoms with Crippen LogP contribution in [-0.2, 0) is 9.53 Å². The van der Waals surface area contributed by atoms with Crippen molar-refractivity contribution in [2.45, 2.75) is 12.8 Å². The SMILES string of the molecule is COCC1=CCN(C(=O)CCCl)CC1. The monoisotopic (exact) mass is 217 g/mol. The summed E-state index contributed by atoms with van der Waals surface area (Å²) in [5, 5.41) is 0. The van der Waals surface area contributed by atoms with E-state index in [-0.39, 0.29) is 5.91 Å². The fraction of sp³-hybridized carbons (Fsp3) is 0.700. The van der Waals surface area contributed by atoms with Gasteiger partial charge in [-0.2, -0.15) is 0 Å². The van der Waals surface area contributed by atoms with Crippen LogP contribution in [0.15, 0.2) is 11.6 Å². The molecule has 3 nitrogen and oxygen atoms in total. The molecule has 1 heterocycles. The van der Waals surface area contributed by atoms with Crippen molar-refractivity contribution in [1.29, 1.82) is 0 Å². The molecule has 1 aliphatic rings. The zero-order valence-corrected chi connectivity index (χ0v) is 9.22. The molecule has 0 radical (unpaired) electrons. The zero-order chi connectivity index (χ0) is 10.4. The van der Waals surface area contributed by atoms with Gasteiger partial charge in [0, 0.05) is 32.5 Å². The molecule has 80 valence electrons. The lowest BCUT2D eigenvalue weighted by atomic mass is 10.1. The number of amides is 1. The van der Waals surface area contributed by atoms with E-state index >= 15 is 0 Å². The molecule has 0 unspecified atom stereocenters. The lowest BCUT2D eigenvalue weighted by molar-refractivity contribution is -0.130. The van der Waals surface area contributed by atoms with Gasteiger partial charge in [-0.05, 0) is 12.0 Å². The van der Waals surface area contributed by atoms with Crippen molar-refractivity contribution in [3.05, 3.63) is 11.6 Å². The molecule has 0 fully saturated rings. The predicted molar refractivity (Wildman–Crippen MR) is 56.5 cm³/mol. The van der Waals surface area contributed by atoms with Gasteiger partial charge in [0.1, 0.15) is 0 Å². The molecular formula is C10H16ClNO2. The van der Waals surface area contributed by atoms with Gasteiger partial charge in [0.2, 0.25) is 5.91 Å². The number of rotatable bonds is 4. The Balaban J connectivity index is 2.38. The first-order chi connectivity index (χ1) is 6.77. The maximum Gasteiger partial charge on any atom is 0.224 e. The second-order valence-corrected chi connectivity index (χ2v) is 3.70. The summed E-state index contributed by atoms with van der Waals surface area (Å²) in [7, 11) is 1.69. The Morgan fingerprint density at radius 3 is 3.00 bits per heavy atom. The lowest BCUT2D eigenvalue weighted by Gasteiger charge is -2.26. The standard InChI is InChI=1S/C10H16ClNO2/c1-14-8-9-3-6-12(7-4-9)10(13)2-5-11/h3H,2,4-8H2,1H3. The Hall–Kier alpha value is -0.540. The van der Waals surface area contributed by atoms with E-state index in [1.165, 1.54) is 5.57 Å². The smallest absolute Gasteiger partial charge is 0.224 e. The summed E-state index contributed by atoms with van der Waals surface area (Å²) in [5.74, 6) is 0.553. The number of methoxy groups -OCH3 is 1. The van der Waals surface area contributed by atoms with Gasteiger partial charge in [0.05, 0.1) is 6.61 Å². The van der Waals surface area contributed by atoms with Gasteiger partial charge in [-0.1, -0.05) is 6.08 Å². The highest BCUT2D eigenvalue weighted by Gasteiger charge is 2.15. The first-order valence-corrected chi connectivity index (χ1v) is 5.32. The number of carbonyl (C=O) groups is 1. The van der Waals surface area contributed by atoms with Crippen LogP contribution in [0.2, 0.25) is 0 Å². The number of hydrogen-bond donors (Lipinski definition) is 0. The van der Waals surface area contributed by atoms with Gasteiger partial charge >= 0.3 is 0 Å². The Bertz CT molecular complexity index is 228. The van der Waals surface area contributed by atoms with E-state index in [4.69, 9.17) is 16.3 Å². The number of carbonyl (C=O) groups excluding carboxylic acids is 1. The molecule has 14 heavy (non-hydrogen) atoms. The molecule has 0 N–H and O–H groups in total. The third-order valence-corrected chi connectivity index (χ3v) is 2.48. The molecule has 0 aromatic rings. The highest BCUT2D eigenvalue weighted by atomic mass is 35.5. The van der Waals surface area contributed by atoms with Crippen molar-refractivity contribution in [3.8, 4) is 0 Å². The van der Waals surface area contributed by atoms with Crippen LogP contribution < -0.4 is 0 Å². The molecule has 0 aromatic heterocycles. The number of alkyl halides is 1. The molecule has 0 saturated carbocycles. The van der Waals surface area contributed by atoms with E-state index in [2.05, 4.69) is 6.08 Å². The van der Waals surface area contributed by atoms with Crippen molar-refractivity contribution >= 4 is 17.5 Å². The zero-order valence-electron chi connectivity index (χ0n) is 8.46. The normalized spacial score (nSPS) is 16.7. The second kappa shape index (κ2) is 6.04. The first-order valence-electron chi connectivity index (χ1n) is 4.78. The summed E-state index contributed by atoms with van der Waals surface area (Å²) in [6, 6.07) is 0. The Kier molecular flexibility index (Phi) is 4.98. The molecule has 0 bridgehead atoms. The van der Waals surface area contributed by atoms with Gasteiger partial charge < -0.3 is 9.64 Å². The fourth-order valence-electron chi connectivity index (χ4n) is 1.49. The molecule has 4 heteroatoms. The molecule has 0 aliphatic carbocycles. The summed E-state index contributed by atoms with van der Waals surface area (Å²) in [5.41, 5.74) is 1.28. The van der Waals surface area contributed by atoms with Crippen LogP contribution >= 0.6 is 11.6 Å². The van der Waals surface area contributed by atoms with E-state index in [9.17, 15) is 4.79 Å². The van der Waals surface area contributed by atoms with Crippen molar-refractivity contribution in [2.24, 2.45) is 0 Å². The number of nitrogens with zero attached hydrogens (tertiary/aromatic N) is 1. The van der Waals surface area contributed by atoms with Crippen LogP contribution in [0.1, 0.15) is 12.8 Å². The quantitative estimate of drug-likeness (QED) is 0.527. The van der Waals surface area contributed by atoms with Crippen LogP contribution in [-0.4, -0.2) is 43.5 Å². The summed E-state index contributed by atoms with van der Waals surface area (Å²) >= 11 is 5.51. The van der Waals surface area contributed by atoms with Crippen molar-refractivity contribution in [2.75, 3.05) is 32.7 Å². The molecular weight excluding hydrogens is 202 g/mol. The van der Waals surface area contributed by atoms with Crippen molar-refractivity contribution < 1.29 is 9.53 Å². The predicted octanol–water partition coefficient (Wildman–Crippen LogP) is 1.42. The van der Waals surface area contributed by atoms with Gasteiger partial charge in [-0.15, -0.1) is 11.6 Å². The van der Waals surface area contributed by atoms with E-state index in [1.807, 2.05) is 4.90 Å². The topological polar surface area (TPSA) is 29.5 Å². The maximum atomic E-state index is 11.4. The molecule has 0 saturated heterocycles. The van der Waals surface area contributed by atoms with E-state index < -0.39 is 0 Å². The molecule has 0 aromatic carbocycles. The van der Waals surface area contributed by atoms with E-state index in [0.29, 0.717) is 25.5 Å². The minimum absolute atomic E-state index is 0.146. The largest absolute Gasteiger partial charge is 0.380 e. The first kappa shape index (κ1) is 11.5. The van der Waals surface area contributed by atoms with E-state index in [1.54, 1.807) is 7.11 Å². The highest BCUT2D eigenvalue weighted by Crippen LogP contribution is 2.11. The van der Waals surface area contributed by atoms with E-state index in [0.717, 1.165) is 13.0 Å². The third-order valence-electron chi connectivity index (χ3n) is 2.29. The van der Waals surface area contributed by atoms with Gasteiger partial charge in [0.25, 0.3) is 0 Å². The fourth-order valence-corrected chi connectivity index (χ4v) is 1.65. The summed E-state index contributed by atoms with van der Waals surface area (Å²) < 4.78 is 5.03. The lowest BCUT2D eigenvalue weighted by Crippen LogP contribution is -2.35. The van der Waals surface area contributed by atoms with Gasteiger partial charge in [-0.25, -0.2) is 0 Å². The maximum absolute atomic E-state index is 11.4. The summed E-state index contributed by atoms with van der Waals surface area (Å²) in [6.45, 7) is 2.18. The molecule has 0 spiro atoms. The molecule has 0 atom stereocenters. The average molecular weight is 218 g/mol. The Morgan fingerprint density at radius 1 is 1.71 bits per heavy atom. The Labute approximate surface area is 89.7 Å². The minimum Gasteiger partial charge on any atom is -0.380 e. The molecule has 1 aliphatic heterocycles. The Morgan fingerprint density at radius 2 is 2.50 bits per heavy atom. The average Bonchev–Trinajstić information content (AvgIpc) is 2.20. The number of halogens is 1.